The van der Waals surface area contributed by atoms with Crippen LogP contribution >= 0.6 is 15.9 Å². The molecule has 1 aromatic heterocycles. The van der Waals surface area contributed by atoms with Crippen LogP contribution in [0.15, 0.2) is 35.1 Å². The van der Waals surface area contributed by atoms with Gasteiger partial charge in [0.05, 0.1) is 7.11 Å². The topological polar surface area (TPSA) is 57.0 Å². The summed E-state index contributed by atoms with van der Waals surface area (Å²) in [5.41, 5.74) is 0.885. The summed E-state index contributed by atoms with van der Waals surface area (Å²) in [6, 6.07) is 7.64. The minimum Gasteiger partial charge on any atom is -0.468 e. The molecule has 0 fully saturated rings. The quantitative estimate of drug-likeness (QED) is 0.812. The first kappa shape index (κ1) is 11.8. The fourth-order valence-corrected chi connectivity index (χ4v) is 1.80. The Bertz CT molecular complexity index is 539. The molecule has 88 valence electrons. The van der Waals surface area contributed by atoms with Gasteiger partial charge in [-0.15, -0.1) is 0 Å². The Labute approximate surface area is 107 Å². The van der Waals surface area contributed by atoms with Gasteiger partial charge in [0, 0.05) is 10.0 Å². The number of ether oxygens (including phenoxy) is 1. The molecule has 0 N–H and O–H groups in total. The predicted octanol–water partition coefficient (Wildman–Crippen LogP) is 1.88. The lowest BCUT2D eigenvalue weighted by Crippen LogP contribution is -2.11. The monoisotopic (exact) mass is 295 g/mol. The molecule has 2 aromatic rings. The zero-order chi connectivity index (χ0) is 12.3. The number of carbonyl (C=O) groups is 1. The average molecular weight is 296 g/mol. The number of methoxy groups -OCH3 is 1. The second-order valence-corrected chi connectivity index (χ2v) is 4.18. The lowest BCUT2D eigenvalue weighted by molar-refractivity contribution is -0.141. The standard InChI is InChI=1S/C11H10BrN3O2/c1-17-10(16)6-15-7-13-11(14-15)8-4-2-3-5-9(8)12/h2-5,7H,6H2,1H3. The third kappa shape index (κ3) is 2.71. The summed E-state index contributed by atoms with van der Waals surface area (Å²) in [6.45, 7) is 0.0634. The molecule has 1 heterocycles. The molecule has 0 aliphatic carbocycles. The van der Waals surface area contributed by atoms with Gasteiger partial charge >= 0.3 is 5.97 Å². The van der Waals surface area contributed by atoms with Crippen LogP contribution in [0, 0.1) is 0 Å². The molecule has 5 nitrogen and oxygen atoms in total. The van der Waals surface area contributed by atoms with Crippen LogP contribution in [-0.4, -0.2) is 27.8 Å². The van der Waals surface area contributed by atoms with E-state index in [1.807, 2.05) is 24.3 Å². The molecule has 6 heteroatoms. The van der Waals surface area contributed by atoms with Crippen molar-refractivity contribution in [1.29, 1.82) is 0 Å². The summed E-state index contributed by atoms with van der Waals surface area (Å²) < 4.78 is 6.91. The van der Waals surface area contributed by atoms with Crippen LogP contribution in [0.25, 0.3) is 11.4 Å². The Kier molecular flexibility index (Phi) is 3.53. The fraction of sp³-hybridized carbons (Fsp3) is 0.182. The van der Waals surface area contributed by atoms with Crippen LogP contribution in [0.4, 0.5) is 0 Å². The van der Waals surface area contributed by atoms with Gasteiger partial charge in [0.15, 0.2) is 5.82 Å². The second-order valence-electron chi connectivity index (χ2n) is 3.32. The molecule has 0 radical (unpaired) electrons. The normalized spacial score (nSPS) is 10.2. The molecule has 0 unspecified atom stereocenters. The Morgan fingerprint density at radius 3 is 2.94 bits per heavy atom. The molecule has 0 bridgehead atoms. The number of esters is 1. The van der Waals surface area contributed by atoms with Gasteiger partial charge < -0.3 is 4.74 Å². The fourth-order valence-electron chi connectivity index (χ4n) is 1.33. The van der Waals surface area contributed by atoms with E-state index in [0.29, 0.717) is 5.82 Å². The van der Waals surface area contributed by atoms with Crippen molar-refractivity contribution in [3.8, 4) is 11.4 Å². The molecular formula is C11H10BrN3O2. The van der Waals surface area contributed by atoms with E-state index in [2.05, 4.69) is 30.7 Å². The van der Waals surface area contributed by atoms with Gasteiger partial charge in [-0.05, 0) is 12.1 Å². The first-order valence-electron chi connectivity index (χ1n) is 4.92. The zero-order valence-electron chi connectivity index (χ0n) is 9.13. The van der Waals surface area contributed by atoms with Crippen LogP contribution in [0.2, 0.25) is 0 Å². The van der Waals surface area contributed by atoms with E-state index < -0.39 is 0 Å². The number of hydrogen-bond acceptors (Lipinski definition) is 4. The Hall–Kier alpha value is -1.69. The molecule has 0 saturated carbocycles. The molecule has 17 heavy (non-hydrogen) atoms. The summed E-state index contributed by atoms with van der Waals surface area (Å²) in [5, 5.41) is 4.20. The van der Waals surface area contributed by atoms with Crippen LogP contribution in [0.1, 0.15) is 0 Å². The third-order valence-electron chi connectivity index (χ3n) is 2.17. The van der Waals surface area contributed by atoms with Crippen molar-refractivity contribution in [2.75, 3.05) is 7.11 Å². The smallest absolute Gasteiger partial charge is 0.327 e. The maximum atomic E-state index is 11.1. The number of carbonyl (C=O) groups excluding carboxylic acids is 1. The number of hydrogen-bond donors (Lipinski definition) is 0. The summed E-state index contributed by atoms with van der Waals surface area (Å²) in [5.74, 6) is 0.218. The average Bonchev–Trinajstić information content (AvgIpc) is 2.78. The van der Waals surface area contributed by atoms with Crippen LogP contribution in [0.5, 0.6) is 0 Å². The van der Waals surface area contributed by atoms with Gasteiger partial charge in [0.2, 0.25) is 0 Å². The molecular weight excluding hydrogens is 286 g/mol. The maximum absolute atomic E-state index is 11.1. The molecule has 0 amide bonds. The number of nitrogens with zero attached hydrogens (tertiary/aromatic N) is 3. The van der Waals surface area contributed by atoms with Gasteiger partial charge in [0.25, 0.3) is 0 Å². The van der Waals surface area contributed by atoms with Gasteiger partial charge in [-0.1, -0.05) is 28.1 Å². The highest BCUT2D eigenvalue weighted by Crippen LogP contribution is 2.24. The van der Waals surface area contributed by atoms with E-state index in [-0.39, 0.29) is 12.5 Å². The van der Waals surface area contributed by atoms with E-state index >= 15 is 0 Å². The van der Waals surface area contributed by atoms with Crippen molar-refractivity contribution in [2.45, 2.75) is 6.54 Å². The third-order valence-corrected chi connectivity index (χ3v) is 2.86. The number of benzene rings is 1. The molecule has 0 aliphatic heterocycles. The summed E-state index contributed by atoms with van der Waals surface area (Å²) in [6.07, 6.45) is 1.51. The second kappa shape index (κ2) is 5.09. The van der Waals surface area contributed by atoms with E-state index in [9.17, 15) is 4.79 Å². The Balaban J connectivity index is 2.24. The highest BCUT2D eigenvalue weighted by Gasteiger charge is 2.09. The van der Waals surface area contributed by atoms with E-state index in [0.717, 1.165) is 10.0 Å². The van der Waals surface area contributed by atoms with Crippen LogP contribution < -0.4 is 0 Å². The molecule has 0 saturated heterocycles. The number of aromatic nitrogens is 3. The molecule has 0 aliphatic rings. The molecule has 1 aromatic carbocycles. The molecule has 0 spiro atoms. The SMILES string of the molecule is COC(=O)Cn1cnc(-c2ccccc2Br)n1. The van der Waals surface area contributed by atoms with Crippen molar-refractivity contribution in [2.24, 2.45) is 0 Å². The summed E-state index contributed by atoms with van der Waals surface area (Å²) in [7, 11) is 1.34. The van der Waals surface area contributed by atoms with Crippen molar-refractivity contribution in [1.82, 2.24) is 14.8 Å². The lowest BCUT2D eigenvalue weighted by atomic mass is 10.2. The largest absolute Gasteiger partial charge is 0.468 e. The molecule has 2 rings (SSSR count). The van der Waals surface area contributed by atoms with Gasteiger partial charge in [-0.3, -0.25) is 4.79 Å². The maximum Gasteiger partial charge on any atom is 0.327 e. The van der Waals surface area contributed by atoms with E-state index in [1.54, 1.807) is 0 Å². The summed E-state index contributed by atoms with van der Waals surface area (Å²) in [4.78, 5) is 15.2. The zero-order valence-corrected chi connectivity index (χ0v) is 10.7. The lowest BCUT2D eigenvalue weighted by Gasteiger charge is -1.99. The minimum absolute atomic E-state index is 0.0634. The first-order valence-corrected chi connectivity index (χ1v) is 5.71. The highest BCUT2D eigenvalue weighted by molar-refractivity contribution is 9.10. The Morgan fingerprint density at radius 1 is 1.47 bits per heavy atom. The first-order chi connectivity index (χ1) is 8.20. The Morgan fingerprint density at radius 2 is 2.24 bits per heavy atom. The number of rotatable bonds is 3. The van der Waals surface area contributed by atoms with Crippen molar-refractivity contribution >= 4 is 21.9 Å². The number of halogens is 1. The van der Waals surface area contributed by atoms with Crippen molar-refractivity contribution < 1.29 is 9.53 Å². The minimum atomic E-state index is -0.353. The van der Waals surface area contributed by atoms with Crippen molar-refractivity contribution in [3.63, 3.8) is 0 Å². The van der Waals surface area contributed by atoms with Crippen LogP contribution in [-0.2, 0) is 16.1 Å². The van der Waals surface area contributed by atoms with E-state index in [1.165, 1.54) is 18.1 Å². The molecule has 0 atom stereocenters. The van der Waals surface area contributed by atoms with Gasteiger partial charge in [0.1, 0.15) is 12.9 Å². The van der Waals surface area contributed by atoms with E-state index in [4.69, 9.17) is 0 Å². The summed E-state index contributed by atoms with van der Waals surface area (Å²) >= 11 is 3.43. The van der Waals surface area contributed by atoms with Gasteiger partial charge in [-0.2, -0.15) is 5.10 Å². The van der Waals surface area contributed by atoms with Gasteiger partial charge in [-0.25, -0.2) is 9.67 Å². The highest BCUT2D eigenvalue weighted by atomic mass is 79.9. The predicted molar refractivity (Wildman–Crippen MR) is 65.2 cm³/mol. The van der Waals surface area contributed by atoms with Crippen LogP contribution in [0.3, 0.4) is 0 Å². The van der Waals surface area contributed by atoms with Crippen molar-refractivity contribution in [3.05, 3.63) is 35.1 Å².